The molecule has 1 heterocycles. The van der Waals surface area contributed by atoms with Crippen molar-refractivity contribution < 1.29 is 19.1 Å². The smallest absolute Gasteiger partial charge is 0.337 e. The molecule has 0 spiro atoms. The SMILES string of the molecule is COC(=O)c1cccc(N[C@H]2CC(=O)N(c3cccc(Cl)c3)C2=O)c1. The van der Waals surface area contributed by atoms with Gasteiger partial charge in [0.05, 0.1) is 24.8 Å². The summed E-state index contributed by atoms with van der Waals surface area (Å²) in [5.41, 5.74) is 1.35. The Morgan fingerprint density at radius 2 is 1.96 bits per heavy atom. The molecule has 0 aromatic heterocycles. The van der Waals surface area contributed by atoms with Crippen LogP contribution in [0, 0.1) is 0 Å². The first-order valence-electron chi connectivity index (χ1n) is 7.57. The van der Waals surface area contributed by atoms with Gasteiger partial charge in [-0.15, -0.1) is 0 Å². The molecule has 1 atom stereocenters. The molecule has 1 aliphatic rings. The van der Waals surface area contributed by atoms with Crippen molar-refractivity contribution in [1.82, 2.24) is 0 Å². The van der Waals surface area contributed by atoms with Crippen LogP contribution in [0.1, 0.15) is 16.8 Å². The number of benzene rings is 2. The number of imide groups is 1. The van der Waals surface area contributed by atoms with E-state index in [9.17, 15) is 14.4 Å². The Morgan fingerprint density at radius 1 is 1.20 bits per heavy atom. The highest BCUT2D eigenvalue weighted by Crippen LogP contribution is 2.27. The van der Waals surface area contributed by atoms with Crippen molar-refractivity contribution in [3.63, 3.8) is 0 Å². The molecule has 2 aromatic carbocycles. The highest BCUT2D eigenvalue weighted by Gasteiger charge is 2.39. The minimum Gasteiger partial charge on any atom is -0.465 e. The standard InChI is InChI=1S/C18H15ClN2O4/c1-25-18(24)11-4-2-6-13(8-11)20-15-10-16(22)21(17(15)23)14-7-3-5-12(19)9-14/h2-9,15,20H,10H2,1H3/t15-/m0/s1. The highest BCUT2D eigenvalue weighted by atomic mass is 35.5. The minimum atomic E-state index is -0.709. The minimum absolute atomic E-state index is 0.0216. The van der Waals surface area contributed by atoms with Crippen LogP contribution in [-0.4, -0.2) is 30.9 Å². The van der Waals surface area contributed by atoms with E-state index in [1.165, 1.54) is 7.11 Å². The summed E-state index contributed by atoms with van der Waals surface area (Å²) in [7, 11) is 1.30. The summed E-state index contributed by atoms with van der Waals surface area (Å²) in [5.74, 6) is -1.15. The molecule has 6 nitrogen and oxygen atoms in total. The Bertz CT molecular complexity index is 852. The number of carbonyl (C=O) groups excluding carboxylic acids is 3. The third-order valence-electron chi connectivity index (χ3n) is 3.84. The average Bonchev–Trinajstić information content (AvgIpc) is 2.88. The zero-order valence-corrected chi connectivity index (χ0v) is 14.1. The van der Waals surface area contributed by atoms with Gasteiger partial charge < -0.3 is 10.1 Å². The number of nitrogens with one attached hydrogen (secondary N) is 1. The van der Waals surface area contributed by atoms with Crippen LogP contribution < -0.4 is 10.2 Å². The van der Waals surface area contributed by atoms with E-state index >= 15 is 0 Å². The Morgan fingerprint density at radius 3 is 2.68 bits per heavy atom. The van der Waals surface area contributed by atoms with E-state index in [2.05, 4.69) is 10.1 Å². The molecule has 7 heteroatoms. The van der Waals surface area contributed by atoms with Gasteiger partial charge in [-0.25, -0.2) is 9.69 Å². The first-order valence-corrected chi connectivity index (χ1v) is 7.94. The second-order valence-corrected chi connectivity index (χ2v) is 5.96. The molecule has 1 saturated heterocycles. The third kappa shape index (κ3) is 3.49. The molecule has 0 aliphatic carbocycles. The molecule has 25 heavy (non-hydrogen) atoms. The predicted molar refractivity (Wildman–Crippen MR) is 93.8 cm³/mol. The highest BCUT2D eigenvalue weighted by molar-refractivity contribution is 6.31. The van der Waals surface area contributed by atoms with Crippen LogP contribution >= 0.6 is 11.6 Å². The van der Waals surface area contributed by atoms with Gasteiger partial charge >= 0.3 is 5.97 Å². The molecule has 0 bridgehead atoms. The second kappa shape index (κ2) is 6.94. The first-order chi connectivity index (χ1) is 12.0. The van der Waals surface area contributed by atoms with Gasteiger partial charge in [-0.3, -0.25) is 9.59 Å². The topological polar surface area (TPSA) is 75.7 Å². The molecule has 128 valence electrons. The number of nitrogens with zero attached hydrogens (tertiary/aromatic N) is 1. The summed E-state index contributed by atoms with van der Waals surface area (Å²) in [6.07, 6.45) is 0.0216. The van der Waals surface area contributed by atoms with Crippen LogP contribution in [0.2, 0.25) is 5.02 Å². The Balaban J connectivity index is 1.80. The quantitative estimate of drug-likeness (QED) is 0.672. The van der Waals surface area contributed by atoms with Gasteiger partial charge in [0.1, 0.15) is 6.04 Å². The Kier molecular flexibility index (Phi) is 4.72. The Labute approximate surface area is 149 Å². The molecule has 1 fully saturated rings. The van der Waals surface area contributed by atoms with Gasteiger partial charge in [0.2, 0.25) is 5.91 Å². The number of anilines is 2. The number of esters is 1. The lowest BCUT2D eigenvalue weighted by Crippen LogP contribution is -2.34. The predicted octanol–water partition coefficient (Wildman–Crippen LogP) is 2.87. The summed E-state index contributed by atoms with van der Waals surface area (Å²) < 4.78 is 4.68. The van der Waals surface area contributed by atoms with E-state index in [-0.39, 0.29) is 18.2 Å². The average molecular weight is 359 g/mol. The lowest BCUT2D eigenvalue weighted by molar-refractivity contribution is -0.121. The number of rotatable bonds is 4. The second-order valence-electron chi connectivity index (χ2n) is 5.52. The zero-order chi connectivity index (χ0) is 18.0. The van der Waals surface area contributed by atoms with Gasteiger partial charge in [0.25, 0.3) is 5.91 Å². The lowest BCUT2D eigenvalue weighted by atomic mass is 10.1. The number of hydrogen-bond donors (Lipinski definition) is 1. The van der Waals surface area contributed by atoms with Crippen molar-refractivity contribution in [3.8, 4) is 0 Å². The summed E-state index contributed by atoms with van der Waals surface area (Å²) in [6.45, 7) is 0. The van der Waals surface area contributed by atoms with E-state index < -0.39 is 12.0 Å². The normalized spacial score (nSPS) is 16.9. The fraction of sp³-hybridized carbons (Fsp3) is 0.167. The van der Waals surface area contributed by atoms with Gasteiger partial charge in [-0.05, 0) is 36.4 Å². The number of halogens is 1. The Hall–Kier alpha value is -2.86. The van der Waals surface area contributed by atoms with Crippen LogP contribution in [0.5, 0.6) is 0 Å². The van der Waals surface area contributed by atoms with Crippen molar-refractivity contribution in [2.75, 3.05) is 17.3 Å². The van der Waals surface area contributed by atoms with Crippen LogP contribution in [0.4, 0.5) is 11.4 Å². The van der Waals surface area contributed by atoms with E-state index in [1.54, 1.807) is 48.5 Å². The van der Waals surface area contributed by atoms with Crippen molar-refractivity contribution in [3.05, 3.63) is 59.1 Å². The molecular weight excluding hydrogens is 344 g/mol. The molecule has 0 saturated carbocycles. The van der Waals surface area contributed by atoms with Crippen LogP contribution in [0.3, 0.4) is 0 Å². The monoisotopic (exact) mass is 358 g/mol. The fourth-order valence-electron chi connectivity index (χ4n) is 2.69. The number of hydrogen-bond acceptors (Lipinski definition) is 5. The number of carbonyl (C=O) groups is 3. The van der Waals surface area contributed by atoms with Crippen LogP contribution in [0.25, 0.3) is 0 Å². The molecule has 2 aromatic rings. The summed E-state index contributed by atoms with van der Waals surface area (Å²) in [6, 6.07) is 12.4. The van der Waals surface area contributed by atoms with E-state index in [0.717, 1.165) is 4.90 Å². The summed E-state index contributed by atoms with van der Waals surface area (Å²) >= 11 is 5.94. The molecule has 0 unspecified atom stereocenters. The molecule has 1 N–H and O–H groups in total. The van der Waals surface area contributed by atoms with Crippen molar-refractivity contribution in [2.24, 2.45) is 0 Å². The molecule has 0 radical (unpaired) electrons. The van der Waals surface area contributed by atoms with E-state index in [0.29, 0.717) is 22.0 Å². The maximum Gasteiger partial charge on any atom is 0.337 e. The van der Waals surface area contributed by atoms with Crippen molar-refractivity contribution in [1.29, 1.82) is 0 Å². The molecule has 1 aliphatic heterocycles. The van der Waals surface area contributed by atoms with Crippen molar-refractivity contribution in [2.45, 2.75) is 12.5 Å². The third-order valence-corrected chi connectivity index (χ3v) is 4.07. The van der Waals surface area contributed by atoms with Crippen LogP contribution in [0.15, 0.2) is 48.5 Å². The zero-order valence-electron chi connectivity index (χ0n) is 13.4. The fourth-order valence-corrected chi connectivity index (χ4v) is 2.87. The van der Waals surface area contributed by atoms with E-state index in [4.69, 9.17) is 11.6 Å². The van der Waals surface area contributed by atoms with Crippen LogP contribution in [-0.2, 0) is 14.3 Å². The van der Waals surface area contributed by atoms with Gasteiger partial charge in [-0.2, -0.15) is 0 Å². The first kappa shape index (κ1) is 17.0. The summed E-state index contributed by atoms with van der Waals surface area (Å²) in [4.78, 5) is 37.6. The molecular formula is C18H15ClN2O4. The molecule has 2 amide bonds. The van der Waals surface area contributed by atoms with Crippen molar-refractivity contribution >= 4 is 40.8 Å². The van der Waals surface area contributed by atoms with E-state index in [1.807, 2.05) is 0 Å². The number of ether oxygens (including phenoxy) is 1. The maximum atomic E-state index is 12.6. The van der Waals surface area contributed by atoms with Gasteiger partial charge in [-0.1, -0.05) is 23.7 Å². The summed E-state index contributed by atoms with van der Waals surface area (Å²) in [5, 5.41) is 3.45. The number of amides is 2. The van der Waals surface area contributed by atoms with Gasteiger partial charge in [0.15, 0.2) is 0 Å². The largest absolute Gasteiger partial charge is 0.465 e. The lowest BCUT2D eigenvalue weighted by Gasteiger charge is -2.16. The molecule has 3 rings (SSSR count). The van der Waals surface area contributed by atoms with Gasteiger partial charge in [0, 0.05) is 10.7 Å². The number of methoxy groups -OCH3 is 1. The maximum absolute atomic E-state index is 12.6.